The van der Waals surface area contributed by atoms with E-state index < -0.39 is 5.97 Å². The molecule has 0 radical (unpaired) electrons. The van der Waals surface area contributed by atoms with Gasteiger partial charge in [-0.25, -0.2) is 4.79 Å². The first-order valence-electron chi connectivity index (χ1n) is 6.33. The number of carbonyl (C=O) groups is 1. The van der Waals surface area contributed by atoms with Gasteiger partial charge in [0.05, 0.1) is 24.9 Å². The molecule has 4 heteroatoms. The molecule has 0 unspecified atom stereocenters. The minimum Gasteiger partial charge on any atom is -0.493 e. The maximum atomic E-state index is 10.8. The molecule has 1 aromatic rings. The molecule has 98 valence electrons. The lowest BCUT2D eigenvalue weighted by Gasteiger charge is -2.25. The number of carboxylic acid groups (broad SMARTS) is 1. The summed E-state index contributed by atoms with van der Waals surface area (Å²) in [6.45, 7) is 1.26. The zero-order chi connectivity index (χ0) is 12.8. The molecule has 0 saturated heterocycles. The van der Waals surface area contributed by atoms with Crippen molar-refractivity contribution in [2.75, 3.05) is 13.2 Å². The van der Waals surface area contributed by atoms with E-state index in [9.17, 15) is 4.79 Å². The maximum Gasteiger partial charge on any atom is 0.335 e. The van der Waals surface area contributed by atoms with Gasteiger partial charge in [-0.15, -0.1) is 0 Å². The van der Waals surface area contributed by atoms with E-state index >= 15 is 0 Å². The Morgan fingerprint density at radius 1 is 1.33 bits per heavy atom. The van der Waals surface area contributed by atoms with Crippen LogP contribution in [0.15, 0.2) is 24.3 Å². The number of carboxylic acids is 1. The van der Waals surface area contributed by atoms with Crippen molar-refractivity contribution in [1.29, 1.82) is 0 Å². The summed E-state index contributed by atoms with van der Waals surface area (Å²) in [5.74, 6) is -0.340. The smallest absolute Gasteiger partial charge is 0.335 e. The molecule has 1 aromatic carbocycles. The van der Waals surface area contributed by atoms with Crippen LogP contribution in [0, 0.1) is 0 Å². The second kappa shape index (κ2) is 6.40. The standard InChI is InChI=1S/C14H18O4/c15-14(16)11-4-1-7-13(10-11)18-9-3-8-17-12-5-2-6-12/h1,4,7,10,12H,2-3,5-6,8-9H2,(H,15,16). The highest BCUT2D eigenvalue weighted by molar-refractivity contribution is 5.87. The van der Waals surface area contributed by atoms with Crippen molar-refractivity contribution >= 4 is 5.97 Å². The van der Waals surface area contributed by atoms with Crippen molar-refractivity contribution in [1.82, 2.24) is 0 Å². The fraction of sp³-hybridized carbons (Fsp3) is 0.500. The van der Waals surface area contributed by atoms with Gasteiger partial charge in [0.15, 0.2) is 0 Å². The summed E-state index contributed by atoms with van der Waals surface area (Å²) in [6, 6.07) is 6.53. The van der Waals surface area contributed by atoms with Crippen LogP contribution in [0.4, 0.5) is 0 Å². The first-order chi connectivity index (χ1) is 8.75. The molecule has 0 spiro atoms. The Kier molecular flexibility index (Phi) is 4.59. The normalized spacial score (nSPS) is 15.1. The van der Waals surface area contributed by atoms with Crippen molar-refractivity contribution in [2.24, 2.45) is 0 Å². The van der Waals surface area contributed by atoms with Gasteiger partial charge in [-0.1, -0.05) is 6.07 Å². The summed E-state index contributed by atoms with van der Waals surface area (Å²) >= 11 is 0. The van der Waals surface area contributed by atoms with Gasteiger partial charge in [0.25, 0.3) is 0 Å². The highest BCUT2D eigenvalue weighted by Crippen LogP contribution is 2.21. The summed E-state index contributed by atoms with van der Waals surface area (Å²) in [7, 11) is 0. The number of hydrogen-bond acceptors (Lipinski definition) is 3. The molecular weight excluding hydrogens is 232 g/mol. The molecule has 1 saturated carbocycles. The SMILES string of the molecule is O=C(O)c1cccc(OCCCOC2CCC2)c1. The third-order valence-electron chi connectivity index (χ3n) is 3.04. The number of rotatable bonds is 7. The first-order valence-corrected chi connectivity index (χ1v) is 6.33. The highest BCUT2D eigenvalue weighted by Gasteiger charge is 2.17. The van der Waals surface area contributed by atoms with Crippen LogP contribution in [0.1, 0.15) is 36.0 Å². The van der Waals surface area contributed by atoms with Gasteiger partial charge in [0.2, 0.25) is 0 Å². The summed E-state index contributed by atoms with van der Waals surface area (Å²) in [6.07, 6.45) is 4.93. The molecule has 0 bridgehead atoms. The molecule has 1 N–H and O–H groups in total. The van der Waals surface area contributed by atoms with Crippen LogP contribution in [0.3, 0.4) is 0 Å². The second-order valence-corrected chi connectivity index (χ2v) is 4.46. The van der Waals surface area contributed by atoms with Crippen LogP contribution in [0.2, 0.25) is 0 Å². The lowest BCUT2D eigenvalue weighted by atomic mass is 9.96. The quantitative estimate of drug-likeness (QED) is 0.756. The Balaban J connectivity index is 1.66. The molecular formula is C14H18O4. The van der Waals surface area contributed by atoms with E-state index in [1.165, 1.54) is 25.3 Å². The van der Waals surface area contributed by atoms with Crippen molar-refractivity contribution < 1.29 is 19.4 Å². The molecule has 0 heterocycles. The van der Waals surface area contributed by atoms with E-state index in [4.69, 9.17) is 14.6 Å². The minimum atomic E-state index is -0.936. The van der Waals surface area contributed by atoms with Gasteiger partial charge >= 0.3 is 5.97 Å². The summed E-state index contributed by atoms with van der Waals surface area (Å²) in [4.78, 5) is 10.8. The van der Waals surface area contributed by atoms with E-state index in [1.54, 1.807) is 18.2 Å². The molecule has 2 rings (SSSR count). The molecule has 1 aliphatic rings. The van der Waals surface area contributed by atoms with Crippen molar-refractivity contribution in [3.8, 4) is 5.75 Å². The van der Waals surface area contributed by atoms with Gasteiger partial charge in [-0.3, -0.25) is 0 Å². The largest absolute Gasteiger partial charge is 0.493 e. The Bertz CT molecular complexity index is 399. The molecule has 0 aliphatic heterocycles. The minimum absolute atomic E-state index is 0.248. The Hall–Kier alpha value is -1.55. The number of aromatic carboxylic acids is 1. The van der Waals surface area contributed by atoms with E-state index in [0.29, 0.717) is 25.1 Å². The molecule has 18 heavy (non-hydrogen) atoms. The predicted octanol–water partition coefficient (Wildman–Crippen LogP) is 2.72. The molecule has 1 aliphatic carbocycles. The Morgan fingerprint density at radius 2 is 2.17 bits per heavy atom. The zero-order valence-corrected chi connectivity index (χ0v) is 10.3. The van der Waals surface area contributed by atoms with E-state index in [1.807, 2.05) is 0 Å². The van der Waals surface area contributed by atoms with Crippen LogP contribution in [0.25, 0.3) is 0 Å². The monoisotopic (exact) mass is 250 g/mol. The molecule has 0 amide bonds. The molecule has 0 atom stereocenters. The number of benzene rings is 1. The van der Waals surface area contributed by atoms with Crippen LogP contribution in [-0.2, 0) is 4.74 Å². The van der Waals surface area contributed by atoms with Gasteiger partial charge in [0.1, 0.15) is 5.75 Å². The van der Waals surface area contributed by atoms with Crippen molar-refractivity contribution in [3.63, 3.8) is 0 Å². The maximum absolute atomic E-state index is 10.8. The lowest BCUT2D eigenvalue weighted by molar-refractivity contribution is -0.00224. The van der Waals surface area contributed by atoms with Gasteiger partial charge in [0, 0.05) is 6.42 Å². The van der Waals surface area contributed by atoms with Gasteiger partial charge in [-0.2, -0.15) is 0 Å². The first kappa shape index (κ1) is 12.9. The third-order valence-corrected chi connectivity index (χ3v) is 3.04. The Morgan fingerprint density at radius 3 is 2.83 bits per heavy atom. The van der Waals surface area contributed by atoms with Crippen LogP contribution < -0.4 is 4.74 Å². The van der Waals surface area contributed by atoms with Crippen molar-refractivity contribution in [3.05, 3.63) is 29.8 Å². The number of ether oxygens (including phenoxy) is 2. The van der Waals surface area contributed by atoms with Gasteiger partial charge in [-0.05, 0) is 37.5 Å². The van der Waals surface area contributed by atoms with E-state index in [0.717, 1.165) is 6.42 Å². The molecule has 4 nitrogen and oxygen atoms in total. The fourth-order valence-corrected chi connectivity index (χ4v) is 1.76. The topological polar surface area (TPSA) is 55.8 Å². The molecule has 1 fully saturated rings. The lowest BCUT2D eigenvalue weighted by Crippen LogP contribution is -2.22. The van der Waals surface area contributed by atoms with E-state index in [-0.39, 0.29) is 5.56 Å². The van der Waals surface area contributed by atoms with Crippen LogP contribution in [0.5, 0.6) is 5.75 Å². The summed E-state index contributed by atoms with van der Waals surface area (Å²) in [5.41, 5.74) is 0.248. The van der Waals surface area contributed by atoms with Crippen LogP contribution >= 0.6 is 0 Å². The highest BCUT2D eigenvalue weighted by atomic mass is 16.5. The number of hydrogen-bond donors (Lipinski definition) is 1. The van der Waals surface area contributed by atoms with Crippen molar-refractivity contribution in [2.45, 2.75) is 31.8 Å². The second-order valence-electron chi connectivity index (χ2n) is 4.46. The predicted molar refractivity (Wildman–Crippen MR) is 67.1 cm³/mol. The average molecular weight is 250 g/mol. The van der Waals surface area contributed by atoms with Gasteiger partial charge < -0.3 is 14.6 Å². The summed E-state index contributed by atoms with van der Waals surface area (Å²) < 4.78 is 11.1. The Labute approximate surface area is 107 Å². The summed E-state index contributed by atoms with van der Waals surface area (Å²) in [5, 5.41) is 8.84. The van der Waals surface area contributed by atoms with Crippen LogP contribution in [-0.4, -0.2) is 30.4 Å². The average Bonchev–Trinajstić information content (AvgIpc) is 2.31. The zero-order valence-electron chi connectivity index (χ0n) is 10.3. The third kappa shape index (κ3) is 3.74. The molecule has 0 aromatic heterocycles. The van der Waals surface area contributed by atoms with E-state index in [2.05, 4.69) is 0 Å². The fourth-order valence-electron chi connectivity index (χ4n) is 1.76.